The number of nitrogens with zero attached hydrogens (tertiary/aromatic N) is 1. The average molecular weight is 370 g/mol. The Morgan fingerprint density at radius 3 is 2.72 bits per heavy atom. The lowest BCUT2D eigenvalue weighted by Crippen LogP contribution is -2.31. The van der Waals surface area contributed by atoms with Crippen molar-refractivity contribution in [1.29, 1.82) is 0 Å². The van der Waals surface area contributed by atoms with Crippen molar-refractivity contribution < 1.29 is 22.4 Å². The number of hydrogen-bond donors (Lipinski definition) is 1. The number of fused-ring (bicyclic) bond motifs is 1. The molecule has 2 heterocycles. The van der Waals surface area contributed by atoms with Crippen molar-refractivity contribution in [2.24, 2.45) is 0 Å². The number of nitrogens with one attached hydrogen (secondary N) is 1. The number of halogens is 4. The molecule has 1 aliphatic rings. The second kappa shape index (κ2) is 6.67. The number of carbonyl (C=O) groups is 1. The summed E-state index contributed by atoms with van der Waals surface area (Å²) in [5.41, 5.74) is -0.286. The second-order valence-corrected chi connectivity index (χ2v) is 6.81. The molecule has 0 radical (unpaired) electrons. The lowest BCUT2D eigenvalue weighted by atomic mass is 10.0. The minimum atomic E-state index is -4.56. The smallest absolute Gasteiger partial charge is 0.345 e. The van der Waals surface area contributed by atoms with Crippen LogP contribution in [0, 0.1) is 12.7 Å². The number of pyridine rings is 1. The normalized spacial score (nSPS) is 17.1. The number of aryl methyl sites for hydroxylation is 1. The molecule has 1 aliphatic heterocycles. The Morgan fingerprint density at radius 1 is 1.28 bits per heavy atom. The van der Waals surface area contributed by atoms with Crippen molar-refractivity contribution in [3.63, 3.8) is 0 Å². The second-order valence-electron chi connectivity index (χ2n) is 5.67. The van der Waals surface area contributed by atoms with Crippen molar-refractivity contribution in [1.82, 2.24) is 10.3 Å². The highest BCUT2D eigenvalue weighted by atomic mass is 32.2. The largest absolute Gasteiger partial charge is 0.433 e. The molecule has 0 aliphatic carbocycles. The van der Waals surface area contributed by atoms with E-state index in [1.165, 1.54) is 19.1 Å². The summed E-state index contributed by atoms with van der Waals surface area (Å²) >= 11 is 1.58. The maximum atomic E-state index is 13.5. The third-order valence-electron chi connectivity index (χ3n) is 3.94. The fourth-order valence-electron chi connectivity index (χ4n) is 2.71. The van der Waals surface area contributed by atoms with Gasteiger partial charge in [0.2, 0.25) is 0 Å². The molecule has 8 heteroatoms. The molecule has 0 spiro atoms. The molecule has 132 valence electrons. The Morgan fingerprint density at radius 2 is 2.04 bits per heavy atom. The molecule has 3 rings (SSSR count). The number of carbonyl (C=O) groups excluding carboxylic acids is 1. The van der Waals surface area contributed by atoms with Gasteiger partial charge < -0.3 is 5.32 Å². The Hall–Kier alpha value is -2.09. The van der Waals surface area contributed by atoms with Gasteiger partial charge in [0.15, 0.2) is 0 Å². The van der Waals surface area contributed by atoms with E-state index in [1.54, 1.807) is 17.8 Å². The van der Waals surface area contributed by atoms with E-state index in [0.29, 0.717) is 12.0 Å². The lowest BCUT2D eigenvalue weighted by molar-refractivity contribution is -0.141. The van der Waals surface area contributed by atoms with Crippen LogP contribution in [-0.4, -0.2) is 16.6 Å². The lowest BCUT2D eigenvalue weighted by Gasteiger charge is -2.26. The van der Waals surface area contributed by atoms with Gasteiger partial charge in [-0.3, -0.25) is 4.79 Å². The Labute approximate surface area is 145 Å². The molecule has 0 fully saturated rings. The van der Waals surface area contributed by atoms with Gasteiger partial charge in [0.1, 0.15) is 11.5 Å². The van der Waals surface area contributed by atoms with Crippen molar-refractivity contribution in [2.75, 3.05) is 5.75 Å². The maximum absolute atomic E-state index is 13.5. The van der Waals surface area contributed by atoms with Gasteiger partial charge in [-0.05, 0) is 49.2 Å². The van der Waals surface area contributed by atoms with Crippen molar-refractivity contribution in [3.05, 3.63) is 58.7 Å². The molecule has 1 N–H and O–H groups in total. The van der Waals surface area contributed by atoms with E-state index in [9.17, 15) is 22.4 Å². The quantitative estimate of drug-likeness (QED) is 0.791. The number of thioether (sulfide) groups is 1. The standard InChI is InChI=1S/C17H14F4N2OS/c1-9-11(3-5-15(22-9)17(19,20)21)16(24)23-13-6-7-25-14-4-2-10(18)8-12(13)14/h2-5,8,13H,6-7H2,1H3,(H,23,24). The van der Waals surface area contributed by atoms with E-state index in [1.807, 2.05) is 0 Å². The van der Waals surface area contributed by atoms with Crippen LogP contribution in [0.5, 0.6) is 0 Å². The van der Waals surface area contributed by atoms with Crippen LogP contribution in [0.25, 0.3) is 0 Å². The zero-order valence-electron chi connectivity index (χ0n) is 13.2. The maximum Gasteiger partial charge on any atom is 0.433 e. The summed E-state index contributed by atoms with van der Waals surface area (Å²) in [5.74, 6) is -0.160. The number of benzene rings is 1. The first-order chi connectivity index (χ1) is 11.8. The molecular formula is C17H14F4N2OS. The Bertz CT molecular complexity index is 823. The summed E-state index contributed by atoms with van der Waals surface area (Å²) in [6, 6.07) is 5.92. The van der Waals surface area contributed by atoms with Crippen LogP contribution in [0.3, 0.4) is 0 Å². The Kier molecular flexibility index (Phi) is 4.73. The van der Waals surface area contributed by atoms with Gasteiger partial charge in [0.25, 0.3) is 5.91 Å². The summed E-state index contributed by atoms with van der Waals surface area (Å²) < 4.78 is 51.5. The third-order valence-corrected chi connectivity index (χ3v) is 5.06. The van der Waals surface area contributed by atoms with Crippen LogP contribution in [-0.2, 0) is 6.18 Å². The van der Waals surface area contributed by atoms with Crippen LogP contribution in [0.15, 0.2) is 35.2 Å². The number of aromatic nitrogens is 1. The number of hydrogen-bond acceptors (Lipinski definition) is 3. The molecule has 1 aromatic heterocycles. The molecule has 1 aromatic carbocycles. The molecule has 1 amide bonds. The van der Waals surface area contributed by atoms with E-state index in [2.05, 4.69) is 10.3 Å². The van der Waals surface area contributed by atoms with Crippen LogP contribution in [0.4, 0.5) is 17.6 Å². The predicted molar refractivity (Wildman–Crippen MR) is 85.9 cm³/mol. The van der Waals surface area contributed by atoms with Crippen molar-refractivity contribution in [3.8, 4) is 0 Å². The molecule has 3 nitrogen and oxygen atoms in total. The van der Waals surface area contributed by atoms with Gasteiger partial charge in [-0.1, -0.05) is 0 Å². The molecule has 1 unspecified atom stereocenters. The van der Waals surface area contributed by atoms with Crippen LogP contribution in [0.2, 0.25) is 0 Å². The molecular weight excluding hydrogens is 356 g/mol. The zero-order valence-corrected chi connectivity index (χ0v) is 14.0. The summed E-state index contributed by atoms with van der Waals surface area (Å²) in [7, 11) is 0. The van der Waals surface area contributed by atoms with Gasteiger partial charge in [0, 0.05) is 10.6 Å². The van der Waals surface area contributed by atoms with Gasteiger partial charge in [-0.25, -0.2) is 9.37 Å². The number of rotatable bonds is 2. The third kappa shape index (κ3) is 3.78. The van der Waals surface area contributed by atoms with E-state index >= 15 is 0 Å². The fourth-order valence-corrected chi connectivity index (χ4v) is 3.82. The molecule has 0 bridgehead atoms. The highest BCUT2D eigenvalue weighted by molar-refractivity contribution is 7.99. The van der Waals surface area contributed by atoms with Gasteiger partial charge >= 0.3 is 6.18 Å². The van der Waals surface area contributed by atoms with Gasteiger partial charge in [-0.2, -0.15) is 13.2 Å². The van der Waals surface area contributed by atoms with Crippen LogP contribution in [0.1, 0.15) is 39.8 Å². The molecule has 2 aromatic rings. The van der Waals surface area contributed by atoms with E-state index < -0.39 is 23.6 Å². The zero-order chi connectivity index (χ0) is 18.2. The summed E-state index contributed by atoms with van der Waals surface area (Å²) in [6.07, 6.45) is -3.95. The summed E-state index contributed by atoms with van der Waals surface area (Å²) in [5, 5.41) is 2.78. The topological polar surface area (TPSA) is 42.0 Å². The van der Waals surface area contributed by atoms with Crippen molar-refractivity contribution in [2.45, 2.75) is 30.5 Å². The SMILES string of the molecule is Cc1nc(C(F)(F)F)ccc1C(=O)NC1CCSc2ccc(F)cc21. The van der Waals surface area contributed by atoms with E-state index in [4.69, 9.17) is 0 Å². The summed E-state index contributed by atoms with van der Waals surface area (Å²) in [4.78, 5) is 16.8. The van der Waals surface area contributed by atoms with Crippen LogP contribution < -0.4 is 5.32 Å². The van der Waals surface area contributed by atoms with Crippen molar-refractivity contribution >= 4 is 17.7 Å². The van der Waals surface area contributed by atoms with Gasteiger partial charge in [0.05, 0.1) is 17.3 Å². The van der Waals surface area contributed by atoms with Gasteiger partial charge in [-0.15, -0.1) is 11.8 Å². The number of amides is 1. The first kappa shape index (κ1) is 17.7. The number of alkyl halides is 3. The monoisotopic (exact) mass is 370 g/mol. The first-order valence-corrected chi connectivity index (χ1v) is 8.52. The molecule has 0 saturated heterocycles. The molecule has 0 saturated carbocycles. The minimum Gasteiger partial charge on any atom is -0.345 e. The summed E-state index contributed by atoms with van der Waals surface area (Å²) in [6.45, 7) is 1.36. The first-order valence-electron chi connectivity index (χ1n) is 7.53. The molecule has 25 heavy (non-hydrogen) atoms. The fraction of sp³-hybridized carbons (Fsp3) is 0.294. The van der Waals surface area contributed by atoms with E-state index in [0.717, 1.165) is 22.8 Å². The predicted octanol–water partition coefficient (Wildman–Crippen LogP) is 4.51. The Balaban J connectivity index is 1.83. The highest BCUT2D eigenvalue weighted by Gasteiger charge is 2.33. The van der Waals surface area contributed by atoms with E-state index in [-0.39, 0.29) is 17.3 Å². The average Bonchev–Trinajstić information content (AvgIpc) is 2.54. The molecule has 1 atom stereocenters. The minimum absolute atomic E-state index is 0.00280. The highest BCUT2D eigenvalue weighted by Crippen LogP contribution is 2.36. The van der Waals surface area contributed by atoms with Crippen LogP contribution >= 0.6 is 11.8 Å².